The molecule has 0 aliphatic carbocycles. The Balaban J connectivity index is 1.54. The summed E-state index contributed by atoms with van der Waals surface area (Å²) in [4.78, 5) is 31.6. The van der Waals surface area contributed by atoms with Gasteiger partial charge in [-0.2, -0.15) is 5.10 Å². The molecule has 1 saturated heterocycles. The van der Waals surface area contributed by atoms with Crippen LogP contribution in [-0.4, -0.2) is 78.3 Å². The molecule has 1 atom stereocenters. The van der Waals surface area contributed by atoms with Crippen molar-refractivity contribution in [3.8, 4) is 0 Å². The van der Waals surface area contributed by atoms with Gasteiger partial charge in [0.1, 0.15) is 6.54 Å². The zero-order valence-electron chi connectivity index (χ0n) is 19.7. The Morgan fingerprint density at radius 1 is 1.21 bits per heavy atom. The molecule has 0 radical (unpaired) electrons. The number of morpholine rings is 1. The molecular weight excluding hydrogens is 472 g/mol. The summed E-state index contributed by atoms with van der Waals surface area (Å²) in [6.45, 7) is 8.01. The zero-order valence-corrected chi connectivity index (χ0v) is 21.2. The standard InChI is InChI=1S/C25H31ClN4O3S/c1-18(2)25(32)29(10-9-28-11-13-33-14-12-28)17-24(31)30-22(19-6-3-4-7-20(19)26)16-21(27-30)23-8-5-15-34-23/h3-8,15,18,22H,9-14,16-17H2,1-2H3. The highest BCUT2D eigenvalue weighted by Crippen LogP contribution is 2.37. The van der Waals surface area contributed by atoms with Crippen molar-refractivity contribution in [2.24, 2.45) is 11.0 Å². The molecule has 0 bridgehead atoms. The lowest BCUT2D eigenvalue weighted by Gasteiger charge is -2.32. The Morgan fingerprint density at radius 2 is 1.97 bits per heavy atom. The van der Waals surface area contributed by atoms with Crippen LogP contribution in [0.1, 0.15) is 36.8 Å². The van der Waals surface area contributed by atoms with Crippen molar-refractivity contribution in [1.29, 1.82) is 0 Å². The maximum atomic E-state index is 13.6. The van der Waals surface area contributed by atoms with E-state index in [-0.39, 0.29) is 30.3 Å². The van der Waals surface area contributed by atoms with Crippen molar-refractivity contribution >= 4 is 40.5 Å². The molecule has 0 saturated carbocycles. The lowest BCUT2D eigenvalue weighted by molar-refractivity contribution is -0.143. The highest BCUT2D eigenvalue weighted by molar-refractivity contribution is 7.12. The Labute approximate surface area is 209 Å². The molecule has 0 N–H and O–H groups in total. The van der Waals surface area contributed by atoms with Crippen molar-refractivity contribution in [2.45, 2.75) is 26.3 Å². The summed E-state index contributed by atoms with van der Waals surface area (Å²) in [5, 5.41) is 8.87. The van der Waals surface area contributed by atoms with Gasteiger partial charge in [-0.15, -0.1) is 11.3 Å². The fourth-order valence-electron chi connectivity index (χ4n) is 4.27. The van der Waals surface area contributed by atoms with Crippen LogP contribution in [0.15, 0.2) is 46.9 Å². The topological polar surface area (TPSA) is 65.5 Å². The second-order valence-electron chi connectivity index (χ2n) is 8.87. The van der Waals surface area contributed by atoms with E-state index in [1.807, 2.05) is 55.6 Å². The molecule has 1 aromatic carbocycles. The third-order valence-electron chi connectivity index (χ3n) is 6.16. The van der Waals surface area contributed by atoms with Gasteiger partial charge in [0, 0.05) is 43.5 Å². The highest BCUT2D eigenvalue weighted by atomic mass is 35.5. The van der Waals surface area contributed by atoms with Gasteiger partial charge in [-0.1, -0.05) is 49.7 Å². The van der Waals surface area contributed by atoms with Crippen LogP contribution in [0.25, 0.3) is 0 Å². The molecule has 2 aromatic rings. The minimum absolute atomic E-state index is 0.0104. The number of benzene rings is 1. The highest BCUT2D eigenvalue weighted by Gasteiger charge is 2.36. The van der Waals surface area contributed by atoms with Crippen LogP contribution in [0.3, 0.4) is 0 Å². The molecule has 34 heavy (non-hydrogen) atoms. The fourth-order valence-corrected chi connectivity index (χ4v) is 5.26. The Bertz CT molecular complexity index is 1020. The van der Waals surface area contributed by atoms with E-state index in [9.17, 15) is 9.59 Å². The van der Waals surface area contributed by atoms with Crippen molar-refractivity contribution in [3.63, 3.8) is 0 Å². The summed E-state index contributed by atoms with van der Waals surface area (Å²) >= 11 is 8.11. The van der Waals surface area contributed by atoms with E-state index in [4.69, 9.17) is 21.4 Å². The summed E-state index contributed by atoms with van der Waals surface area (Å²) < 4.78 is 5.42. The zero-order chi connectivity index (χ0) is 24.1. The van der Waals surface area contributed by atoms with Gasteiger partial charge in [0.25, 0.3) is 5.91 Å². The first-order chi connectivity index (χ1) is 16.4. The average Bonchev–Trinajstić information content (AvgIpc) is 3.52. The van der Waals surface area contributed by atoms with Crippen LogP contribution in [0.4, 0.5) is 0 Å². The number of thiophene rings is 1. The van der Waals surface area contributed by atoms with E-state index >= 15 is 0 Å². The maximum absolute atomic E-state index is 13.6. The summed E-state index contributed by atoms with van der Waals surface area (Å²) in [5.74, 6) is -0.425. The predicted molar refractivity (Wildman–Crippen MR) is 135 cm³/mol. The molecule has 1 unspecified atom stereocenters. The third kappa shape index (κ3) is 5.86. The lowest BCUT2D eigenvalue weighted by Crippen LogP contribution is -2.47. The largest absolute Gasteiger partial charge is 0.379 e. The predicted octanol–water partition coefficient (Wildman–Crippen LogP) is 3.90. The van der Waals surface area contributed by atoms with Gasteiger partial charge in [0.15, 0.2) is 0 Å². The molecule has 182 valence electrons. The molecule has 2 aliphatic rings. The Morgan fingerprint density at radius 3 is 2.65 bits per heavy atom. The van der Waals surface area contributed by atoms with E-state index in [1.165, 1.54) is 5.01 Å². The van der Waals surface area contributed by atoms with Gasteiger partial charge in [-0.3, -0.25) is 14.5 Å². The normalized spacial score (nSPS) is 18.9. The number of nitrogens with zero attached hydrogens (tertiary/aromatic N) is 4. The Hall–Kier alpha value is -2.26. The van der Waals surface area contributed by atoms with Crippen LogP contribution in [0.5, 0.6) is 0 Å². The molecule has 7 nitrogen and oxygen atoms in total. The monoisotopic (exact) mass is 502 g/mol. The van der Waals surface area contributed by atoms with Gasteiger partial charge in [-0.05, 0) is 23.1 Å². The van der Waals surface area contributed by atoms with Gasteiger partial charge in [0.2, 0.25) is 5.91 Å². The quantitative estimate of drug-likeness (QED) is 0.549. The van der Waals surface area contributed by atoms with Crippen molar-refractivity contribution in [2.75, 3.05) is 45.9 Å². The van der Waals surface area contributed by atoms with Gasteiger partial charge in [-0.25, -0.2) is 5.01 Å². The number of carbonyl (C=O) groups excluding carboxylic acids is 2. The number of ether oxygens (including phenoxy) is 1. The van der Waals surface area contributed by atoms with E-state index < -0.39 is 0 Å². The lowest BCUT2D eigenvalue weighted by atomic mass is 10.0. The minimum atomic E-state index is -0.298. The summed E-state index contributed by atoms with van der Waals surface area (Å²) in [6.07, 6.45) is 0.585. The number of rotatable bonds is 8. The molecular formula is C25H31ClN4O3S. The first-order valence-electron chi connectivity index (χ1n) is 11.7. The molecule has 2 amide bonds. The molecule has 1 fully saturated rings. The van der Waals surface area contributed by atoms with Crippen LogP contribution >= 0.6 is 22.9 Å². The van der Waals surface area contributed by atoms with Crippen LogP contribution in [0.2, 0.25) is 5.02 Å². The third-order valence-corrected chi connectivity index (χ3v) is 7.42. The first-order valence-corrected chi connectivity index (χ1v) is 13.0. The number of carbonyl (C=O) groups is 2. The van der Waals surface area contributed by atoms with E-state index in [0.717, 1.165) is 29.2 Å². The molecule has 9 heteroatoms. The fraction of sp³-hybridized carbons (Fsp3) is 0.480. The van der Waals surface area contributed by atoms with Gasteiger partial charge >= 0.3 is 0 Å². The van der Waals surface area contributed by atoms with Crippen LogP contribution in [-0.2, 0) is 14.3 Å². The van der Waals surface area contributed by atoms with Crippen molar-refractivity contribution in [1.82, 2.24) is 14.8 Å². The summed E-state index contributed by atoms with van der Waals surface area (Å²) in [5.41, 5.74) is 1.73. The molecule has 0 spiro atoms. The summed E-state index contributed by atoms with van der Waals surface area (Å²) in [7, 11) is 0. The SMILES string of the molecule is CC(C)C(=O)N(CCN1CCOCC1)CC(=O)N1N=C(c2cccs2)CC1c1ccccc1Cl. The molecule has 1 aromatic heterocycles. The second kappa shape index (κ2) is 11.4. The van der Waals surface area contributed by atoms with E-state index in [2.05, 4.69) is 4.90 Å². The van der Waals surface area contributed by atoms with Gasteiger partial charge in [0.05, 0.1) is 29.8 Å². The first kappa shape index (κ1) is 24.9. The van der Waals surface area contributed by atoms with Crippen molar-refractivity contribution < 1.29 is 14.3 Å². The number of hydrogen-bond acceptors (Lipinski definition) is 6. The van der Waals surface area contributed by atoms with Crippen LogP contribution in [0, 0.1) is 5.92 Å². The Kier molecular flexibility index (Phi) is 8.37. The number of amides is 2. The number of hydrazone groups is 1. The minimum Gasteiger partial charge on any atom is -0.379 e. The second-order valence-corrected chi connectivity index (χ2v) is 10.2. The number of hydrogen-bond donors (Lipinski definition) is 0. The average molecular weight is 503 g/mol. The number of halogens is 1. The van der Waals surface area contributed by atoms with E-state index in [0.29, 0.717) is 37.7 Å². The summed E-state index contributed by atoms with van der Waals surface area (Å²) in [6, 6.07) is 11.3. The molecule has 3 heterocycles. The van der Waals surface area contributed by atoms with Gasteiger partial charge < -0.3 is 9.64 Å². The molecule has 2 aliphatic heterocycles. The smallest absolute Gasteiger partial charge is 0.262 e. The van der Waals surface area contributed by atoms with Crippen molar-refractivity contribution in [3.05, 3.63) is 57.2 Å². The van der Waals surface area contributed by atoms with E-state index in [1.54, 1.807) is 16.2 Å². The maximum Gasteiger partial charge on any atom is 0.262 e. The molecule has 4 rings (SSSR count). The van der Waals surface area contributed by atoms with Crippen LogP contribution < -0.4 is 0 Å².